The molecule has 39 heavy (non-hydrogen) atoms. The van der Waals surface area contributed by atoms with Crippen LogP contribution in [0, 0.1) is 11.3 Å². The smallest absolute Gasteiger partial charge is 0.332 e. The highest BCUT2D eigenvalue weighted by atomic mass is 16.2. The van der Waals surface area contributed by atoms with Gasteiger partial charge in [0.2, 0.25) is 5.91 Å². The molecule has 1 aromatic heterocycles. The number of amides is 4. The van der Waals surface area contributed by atoms with E-state index in [0.717, 1.165) is 11.1 Å². The van der Waals surface area contributed by atoms with E-state index in [1.807, 2.05) is 60.7 Å². The molecule has 0 radical (unpaired) electrons. The molecule has 7 rings (SSSR count). The van der Waals surface area contributed by atoms with Crippen LogP contribution < -0.4 is 4.90 Å². The van der Waals surface area contributed by atoms with Crippen molar-refractivity contribution in [1.82, 2.24) is 14.8 Å². The average molecular weight is 514 g/mol. The standard InChI is InChI=1S/C31H23N5O3/c32-16-24-22-13-7-8-14-23(22)26(17-33-24)36-30(38)28-25-15-21(35(28)31(36)39)18-34(25)29(37)27(19-9-3-1-4-10-19)20-11-5-2-6-12-20/h1-14,17,21,25,27-28H,15,18H2/t21?,25?,28-/m1/s1. The third-order valence-electron chi connectivity index (χ3n) is 8.18. The Kier molecular flexibility index (Phi) is 5.20. The molecule has 2 unspecified atom stereocenters. The van der Waals surface area contributed by atoms with Crippen LogP contribution in [-0.4, -0.2) is 57.3 Å². The summed E-state index contributed by atoms with van der Waals surface area (Å²) in [6.45, 7) is 0.384. The lowest BCUT2D eigenvalue weighted by Gasteiger charge is -2.37. The Morgan fingerprint density at radius 3 is 2.15 bits per heavy atom. The summed E-state index contributed by atoms with van der Waals surface area (Å²) >= 11 is 0. The number of anilines is 1. The number of carbonyl (C=O) groups excluding carboxylic acids is 3. The van der Waals surface area contributed by atoms with E-state index >= 15 is 0 Å². The second kappa shape index (κ2) is 8.77. The zero-order valence-corrected chi connectivity index (χ0v) is 20.8. The molecular weight excluding hydrogens is 490 g/mol. The van der Waals surface area contributed by atoms with Crippen LogP contribution in [-0.2, 0) is 9.59 Å². The molecule has 0 spiro atoms. The van der Waals surface area contributed by atoms with Gasteiger partial charge in [-0.1, -0.05) is 84.9 Å². The van der Waals surface area contributed by atoms with Crippen molar-refractivity contribution >= 4 is 34.3 Å². The zero-order valence-electron chi connectivity index (χ0n) is 20.8. The molecule has 3 saturated heterocycles. The molecule has 8 heteroatoms. The molecule has 190 valence electrons. The number of carbonyl (C=O) groups is 3. The van der Waals surface area contributed by atoms with E-state index in [1.54, 1.807) is 34.1 Å². The molecule has 8 nitrogen and oxygen atoms in total. The summed E-state index contributed by atoms with van der Waals surface area (Å²) in [7, 11) is 0. The van der Waals surface area contributed by atoms with Crippen molar-refractivity contribution in [2.75, 3.05) is 11.4 Å². The molecule has 3 aliphatic rings. The quantitative estimate of drug-likeness (QED) is 0.384. The van der Waals surface area contributed by atoms with Crippen LogP contribution in [0.1, 0.15) is 29.2 Å². The fourth-order valence-corrected chi connectivity index (χ4v) is 6.51. The predicted octanol–water partition coefficient (Wildman–Crippen LogP) is 4.06. The molecule has 0 N–H and O–H groups in total. The first-order valence-corrected chi connectivity index (χ1v) is 12.9. The summed E-state index contributed by atoms with van der Waals surface area (Å²) in [6.07, 6.45) is 1.99. The summed E-state index contributed by atoms with van der Waals surface area (Å²) in [4.78, 5) is 50.6. The van der Waals surface area contributed by atoms with Crippen molar-refractivity contribution in [2.24, 2.45) is 0 Å². The monoisotopic (exact) mass is 513 g/mol. The van der Waals surface area contributed by atoms with Crippen LogP contribution in [0.3, 0.4) is 0 Å². The van der Waals surface area contributed by atoms with Gasteiger partial charge in [-0.3, -0.25) is 9.59 Å². The lowest BCUT2D eigenvalue weighted by atomic mass is 9.89. The highest BCUT2D eigenvalue weighted by Crippen LogP contribution is 2.45. The maximum atomic E-state index is 14.2. The Morgan fingerprint density at radius 2 is 1.51 bits per heavy atom. The number of urea groups is 1. The molecule has 4 heterocycles. The van der Waals surface area contributed by atoms with E-state index in [4.69, 9.17) is 0 Å². The van der Waals surface area contributed by atoms with Gasteiger partial charge in [-0.05, 0) is 17.5 Å². The number of rotatable bonds is 4. The van der Waals surface area contributed by atoms with Gasteiger partial charge in [0.15, 0.2) is 0 Å². The van der Waals surface area contributed by atoms with Crippen molar-refractivity contribution in [1.29, 1.82) is 5.26 Å². The molecule has 3 aliphatic heterocycles. The molecule has 0 saturated carbocycles. The van der Waals surface area contributed by atoms with Crippen molar-refractivity contribution in [3.63, 3.8) is 0 Å². The number of nitriles is 1. The summed E-state index contributed by atoms with van der Waals surface area (Å²) < 4.78 is 0. The number of piperazine rings is 1. The van der Waals surface area contributed by atoms with Crippen molar-refractivity contribution in [3.05, 3.63) is 108 Å². The first-order valence-electron chi connectivity index (χ1n) is 12.9. The van der Waals surface area contributed by atoms with E-state index in [-0.39, 0.29) is 23.6 Å². The maximum absolute atomic E-state index is 14.2. The highest BCUT2D eigenvalue weighted by molar-refractivity contribution is 6.25. The van der Waals surface area contributed by atoms with Crippen LogP contribution >= 0.6 is 0 Å². The van der Waals surface area contributed by atoms with E-state index in [0.29, 0.717) is 29.4 Å². The van der Waals surface area contributed by atoms with Gasteiger partial charge in [0.1, 0.15) is 17.8 Å². The first kappa shape index (κ1) is 23.1. The summed E-state index contributed by atoms with van der Waals surface area (Å²) in [5.41, 5.74) is 2.37. The molecule has 3 aromatic carbocycles. The van der Waals surface area contributed by atoms with E-state index < -0.39 is 24.0 Å². The van der Waals surface area contributed by atoms with Gasteiger partial charge in [-0.25, -0.2) is 14.7 Å². The number of imide groups is 1. The fourth-order valence-electron chi connectivity index (χ4n) is 6.51. The van der Waals surface area contributed by atoms with Gasteiger partial charge in [-0.15, -0.1) is 0 Å². The lowest BCUT2D eigenvalue weighted by Crippen LogP contribution is -2.55. The molecule has 4 amide bonds. The molecule has 2 bridgehead atoms. The van der Waals surface area contributed by atoms with Gasteiger partial charge in [0, 0.05) is 17.3 Å². The predicted molar refractivity (Wildman–Crippen MR) is 144 cm³/mol. The summed E-state index contributed by atoms with van der Waals surface area (Å²) in [5.74, 6) is -0.934. The molecule has 0 aliphatic carbocycles. The number of aromatic nitrogens is 1. The second-order valence-electron chi connectivity index (χ2n) is 10.2. The minimum absolute atomic E-state index is 0.0660. The number of nitrogens with zero attached hydrogens (tertiary/aromatic N) is 5. The van der Waals surface area contributed by atoms with Gasteiger partial charge >= 0.3 is 6.03 Å². The summed E-state index contributed by atoms with van der Waals surface area (Å²) in [6, 6.07) is 26.7. The van der Waals surface area contributed by atoms with Crippen molar-refractivity contribution < 1.29 is 14.4 Å². The fraction of sp³-hybridized carbons (Fsp3) is 0.194. The number of hydrogen-bond acceptors (Lipinski definition) is 5. The average Bonchev–Trinajstić information content (AvgIpc) is 3.65. The van der Waals surface area contributed by atoms with Crippen LogP contribution in [0.25, 0.3) is 10.8 Å². The largest absolute Gasteiger partial charge is 0.334 e. The molecule has 3 fully saturated rings. The van der Waals surface area contributed by atoms with Gasteiger partial charge in [0.25, 0.3) is 5.91 Å². The number of pyridine rings is 1. The van der Waals surface area contributed by atoms with Gasteiger partial charge < -0.3 is 9.80 Å². The van der Waals surface area contributed by atoms with Crippen LogP contribution in [0.2, 0.25) is 0 Å². The summed E-state index contributed by atoms with van der Waals surface area (Å²) in [5, 5.41) is 10.7. The van der Waals surface area contributed by atoms with Crippen LogP contribution in [0.5, 0.6) is 0 Å². The van der Waals surface area contributed by atoms with Gasteiger partial charge in [0.05, 0.1) is 29.9 Å². The van der Waals surface area contributed by atoms with E-state index in [1.165, 1.54) is 11.1 Å². The number of likely N-dealkylation sites (tertiary alicyclic amines) is 1. The lowest BCUT2D eigenvalue weighted by molar-refractivity contribution is -0.136. The second-order valence-corrected chi connectivity index (χ2v) is 10.2. The van der Waals surface area contributed by atoms with E-state index in [9.17, 15) is 19.6 Å². The minimum Gasteiger partial charge on any atom is -0.334 e. The van der Waals surface area contributed by atoms with Crippen LogP contribution in [0.15, 0.2) is 91.1 Å². The maximum Gasteiger partial charge on any atom is 0.332 e. The third kappa shape index (κ3) is 3.36. The third-order valence-corrected chi connectivity index (χ3v) is 8.18. The molecular formula is C31H23N5O3. The minimum atomic E-state index is -0.748. The number of fused-ring (bicyclic) bond motifs is 6. The Labute approximate surface area is 224 Å². The molecule has 4 aromatic rings. The zero-order chi connectivity index (χ0) is 26.7. The normalized spacial score (nSPS) is 21.6. The van der Waals surface area contributed by atoms with Crippen molar-refractivity contribution in [2.45, 2.75) is 30.5 Å². The number of hydrogen-bond donors (Lipinski definition) is 0. The topological polar surface area (TPSA) is 97.6 Å². The number of benzene rings is 3. The van der Waals surface area contributed by atoms with Gasteiger partial charge in [-0.2, -0.15) is 5.26 Å². The molecule has 3 atom stereocenters. The Bertz CT molecular complexity index is 1640. The SMILES string of the molecule is N#Cc1ncc(N2C(=O)[C@H]3C4CC(CN4C(=O)C(c4ccccc4)c4ccccc4)N3C2=O)c2ccccc12. The van der Waals surface area contributed by atoms with Crippen LogP contribution in [0.4, 0.5) is 10.5 Å². The highest BCUT2D eigenvalue weighted by Gasteiger charge is 2.63. The van der Waals surface area contributed by atoms with Crippen molar-refractivity contribution in [3.8, 4) is 6.07 Å². The Balaban J connectivity index is 1.24. The van der Waals surface area contributed by atoms with E-state index in [2.05, 4.69) is 11.1 Å². The first-order chi connectivity index (χ1) is 19.1. The Morgan fingerprint density at radius 1 is 0.897 bits per heavy atom. The Hall–Kier alpha value is -5.03.